The number of rotatable bonds is 2. The summed E-state index contributed by atoms with van der Waals surface area (Å²) < 4.78 is 0. The van der Waals surface area contributed by atoms with Crippen molar-refractivity contribution in [2.45, 2.75) is 26.2 Å². The minimum Gasteiger partial charge on any atom is -0.481 e. The number of carboxylic acids is 2. The van der Waals surface area contributed by atoms with Crippen LogP contribution in [-0.4, -0.2) is 22.2 Å². The van der Waals surface area contributed by atoms with Crippen LogP contribution in [0.4, 0.5) is 0 Å². The number of aliphatic carboxylic acids is 2. The van der Waals surface area contributed by atoms with Gasteiger partial charge in [0.2, 0.25) is 0 Å². The van der Waals surface area contributed by atoms with Crippen LogP contribution in [-0.2, 0) is 9.59 Å². The highest BCUT2D eigenvalue weighted by Crippen LogP contribution is 2.59. The molecule has 0 aromatic rings. The molecule has 2 N–H and O–H groups in total. The van der Waals surface area contributed by atoms with Crippen LogP contribution in [0.5, 0.6) is 0 Å². The Morgan fingerprint density at radius 3 is 2.36 bits per heavy atom. The topological polar surface area (TPSA) is 74.6 Å². The van der Waals surface area contributed by atoms with Crippen LogP contribution in [0.1, 0.15) is 26.2 Å². The molecule has 2 saturated carbocycles. The van der Waals surface area contributed by atoms with Crippen molar-refractivity contribution in [3.05, 3.63) is 0 Å². The fourth-order valence-corrected chi connectivity index (χ4v) is 3.37. The summed E-state index contributed by atoms with van der Waals surface area (Å²) >= 11 is 0. The molecule has 4 nitrogen and oxygen atoms in total. The molecule has 0 radical (unpaired) electrons. The largest absolute Gasteiger partial charge is 0.481 e. The average molecular weight is 198 g/mol. The van der Waals surface area contributed by atoms with Crippen LogP contribution in [0.25, 0.3) is 0 Å². The molecule has 0 heterocycles. The summed E-state index contributed by atoms with van der Waals surface area (Å²) in [6, 6.07) is 0. The van der Waals surface area contributed by atoms with Gasteiger partial charge in [-0.05, 0) is 38.0 Å². The van der Waals surface area contributed by atoms with Gasteiger partial charge in [-0.25, -0.2) is 0 Å². The first-order valence-corrected chi connectivity index (χ1v) is 4.94. The number of carboxylic acid groups (broad SMARTS) is 2. The van der Waals surface area contributed by atoms with Gasteiger partial charge in [0.25, 0.3) is 0 Å². The molecule has 14 heavy (non-hydrogen) atoms. The van der Waals surface area contributed by atoms with E-state index in [0.29, 0.717) is 0 Å². The Balaban J connectivity index is 2.39. The lowest BCUT2D eigenvalue weighted by molar-refractivity contribution is -0.165. The molecule has 0 unspecified atom stereocenters. The third-order valence-electron chi connectivity index (χ3n) is 4.17. The molecular formula is C10H14O4. The summed E-state index contributed by atoms with van der Waals surface area (Å²) in [4.78, 5) is 22.2. The third-order valence-corrected chi connectivity index (χ3v) is 4.17. The molecule has 78 valence electrons. The van der Waals surface area contributed by atoms with Crippen molar-refractivity contribution in [3.8, 4) is 0 Å². The van der Waals surface area contributed by atoms with Crippen LogP contribution >= 0.6 is 0 Å². The fourth-order valence-electron chi connectivity index (χ4n) is 3.37. The summed E-state index contributed by atoms with van der Waals surface area (Å²) in [5, 5.41) is 18.2. The van der Waals surface area contributed by atoms with Gasteiger partial charge >= 0.3 is 11.9 Å². The smallest absolute Gasteiger partial charge is 0.310 e. The second-order valence-electron chi connectivity index (χ2n) is 4.67. The van der Waals surface area contributed by atoms with E-state index in [-0.39, 0.29) is 11.8 Å². The normalized spacial score (nSPS) is 45.4. The zero-order valence-electron chi connectivity index (χ0n) is 8.06. The molecule has 2 aliphatic carbocycles. The second-order valence-corrected chi connectivity index (χ2v) is 4.67. The van der Waals surface area contributed by atoms with E-state index in [1.807, 2.05) is 0 Å². The van der Waals surface area contributed by atoms with Gasteiger partial charge in [-0.3, -0.25) is 9.59 Å². The molecule has 4 heteroatoms. The van der Waals surface area contributed by atoms with Gasteiger partial charge in [0.1, 0.15) is 0 Å². The van der Waals surface area contributed by atoms with Crippen molar-refractivity contribution in [1.82, 2.24) is 0 Å². The molecule has 0 spiro atoms. The molecule has 4 atom stereocenters. The second kappa shape index (κ2) is 2.72. The zero-order valence-corrected chi connectivity index (χ0v) is 8.06. The Hall–Kier alpha value is -1.06. The molecule has 0 amide bonds. The standard InChI is InChI=1S/C10H14O4/c1-10(9(13)14)6-3-2-5(4-6)7(10)8(11)12/h5-7H,2-4H2,1H3,(H,11,12)(H,13,14)/t5-,6-,7+,10+/m0/s1. The Labute approximate surface area is 81.9 Å². The van der Waals surface area contributed by atoms with E-state index in [1.165, 1.54) is 0 Å². The van der Waals surface area contributed by atoms with E-state index < -0.39 is 23.3 Å². The molecular weight excluding hydrogens is 184 g/mol. The fraction of sp³-hybridized carbons (Fsp3) is 0.800. The maximum atomic E-state index is 11.2. The Bertz CT molecular complexity index is 298. The maximum absolute atomic E-state index is 11.2. The van der Waals surface area contributed by atoms with Crippen molar-refractivity contribution in [1.29, 1.82) is 0 Å². The summed E-state index contributed by atoms with van der Waals surface area (Å²) in [5.41, 5.74) is -1.03. The first-order chi connectivity index (χ1) is 6.48. The molecule has 0 aromatic heterocycles. The highest BCUT2D eigenvalue weighted by atomic mass is 16.4. The van der Waals surface area contributed by atoms with Gasteiger partial charge in [0.15, 0.2) is 0 Å². The number of hydrogen-bond donors (Lipinski definition) is 2. The molecule has 2 bridgehead atoms. The summed E-state index contributed by atoms with van der Waals surface area (Å²) in [6.07, 6.45) is 2.53. The molecule has 0 aromatic carbocycles. The van der Waals surface area contributed by atoms with Gasteiger partial charge < -0.3 is 10.2 Å². The molecule has 0 aliphatic heterocycles. The van der Waals surface area contributed by atoms with Crippen LogP contribution in [0.3, 0.4) is 0 Å². The summed E-state index contributed by atoms with van der Waals surface area (Å²) in [6.45, 7) is 1.60. The Morgan fingerprint density at radius 1 is 1.29 bits per heavy atom. The van der Waals surface area contributed by atoms with E-state index in [0.717, 1.165) is 19.3 Å². The first kappa shape index (κ1) is 9.49. The Kier molecular flexibility index (Phi) is 1.84. The summed E-state index contributed by atoms with van der Waals surface area (Å²) in [5.74, 6) is -2.43. The van der Waals surface area contributed by atoms with Crippen molar-refractivity contribution < 1.29 is 19.8 Å². The zero-order chi connectivity index (χ0) is 10.5. The molecule has 2 fully saturated rings. The lowest BCUT2D eigenvalue weighted by atomic mass is 9.67. The summed E-state index contributed by atoms with van der Waals surface area (Å²) in [7, 11) is 0. The van der Waals surface area contributed by atoms with Gasteiger partial charge in [-0.1, -0.05) is 0 Å². The monoisotopic (exact) mass is 198 g/mol. The lowest BCUT2D eigenvalue weighted by Gasteiger charge is -2.34. The lowest BCUT2D eigenvalue weighted by Crippen LogP contribution is -2.44. The molecule has 0 saturated heterocycles. The van der Waals surface area contributed by atoms with E-state index in [9.17, 15) is 9.59 Å². The average Bonchev–Trinajstić information content (AvgIpc) is 2.61. The first-order valence-electron chi connectivity index (χ1n) is 4.94. The van der Waals surface area contributed by atoms with Gasteiger partial charge in [-0.15, -0.1) is 0 Å². The van der Waals surface area contributed by atoms with Crippen LogP contribution < -0.4 is 0 Å². The molecule has 2 rings (SSSR count). The van der Waals surface area contributed by atoms with Crippen LogP contribution in [0.2, 0.25) is 0 Å². The van der Waals surface area contributed by atoms with Crippen LogP contribution in [0.15, 0.2) is 0 Å². The van der Waals surface area contributed by atoms with Crippen LogP contribution in [0, 0.1) is 23.2 Å². The number of fused-ring (bicyclic) bond motifs is 2. The number of carbonyl (C=O) groups is 2. The number of hydrogen-bond acceptors (Lipinski definition) is 2. The molecule has 2 aliphatic rings. The van der Waals surface area contributed by atoms with Gasteiger partial charge in [0, 0.05) is 0 Å². The van der Waals surface area contributed by atoms with E-state index >= 15 is 0 Å². The van der Waals surface area contributed by atoms with Crippen molar-refractivity contribution in [2.24, 2.45) is 23.2 Å². The van der Waals surface area contributed by atoms with E-state index in [1.54, 1.807) is 6.92 Å². The highest BCUT2D eigenvalue weighted by molar-refractivity contribution is 5.84. The van der Waals surface area contributed by atoms with Gasteiger partial charge in [-0.2, -0.15) is 0 Å². The van der Waals surface area contributed by atoms with Crippen molar-refractivity contribution in [3.63, 3.8) is 0 Å². The third kappa shape index (κ3) is 0.938. The highest BCUT2D eigenvalue weighted by Gasteiger charge is 2.62. The maximum Gasteiger partial charge on any atom is 0.310 e. The predicted molar refractivity (Wildman–Crippen MR) is 47.7 cm³/mol. The van der Waals surface area contributed by atoms with E-state index in [4.69, 9.17) is 10.2 Å². The Morgan fingerprint density at radius 2 is 1.93 bits per heavy atom. The van der Waals surface area contributed by atoms with Gasteiger partial charge in [0.05, 0.1) is 11.3 Å². The minimum absolute atomic E-state index is 0.0612. The minimum atomic E-state index is -1.03. The SMILES string of the molecule is C[C@@]1(C(=O)O)[C@H]2CC[C@@H](C2)[C@@H]1C(=O)O. The van der Waals surface area contributed by atoms with E-state index in [2.05, 4.69) is 0 Å². The van der Waals surface area contributed by atoms with Crippen molar-refractivity contribution in [2.75, 3.05) is 0 Å². The van der Waals surface area contributed by atoms with Crippen molar-refractivity contribution >= 4 is 11.9 Å². The quantitative estimate of drug-likeness (QED) is 0.699. The predicted octanol–water partition coefficient (Wildman–Crippen LogP) is 1.21.